The minimum Gasteiger partial charge on any atom is -0.364 e. The summed E-state index contributed by atoms with van der Waals surface area (Å²) in [5.41, 5.74) is 6.00. The molecule has 1 atom stereocenters. The summed E-state index contributed by atoms with van der Waals surface area (Å²) in [5.74, 6) is -0.0770. The third kappa shape index (κ3) is 4.35. The molecule has 0 aromatic heterocycles. The average Bonchev–Trinajstić information content (AvgIpc) is 2.67. The zero-order chi connectivity index (χ0) is 22.1. The third-order valence-corrected chi connectivity index (χ3v) is 5.52. The molecule has 0 saturated carbocycles. The van der Waals surface area contributed by atoms with Gasteiger partial charge in [-0.2, -0.15) is 5.10 Å². The highest BCUT2D eigenvalue weighted by molar-refractivity contribution is 5.95. The van der Waals surface area contributed by atoms with Crippen molar-refractivity contribution in [1.82, 2.24) is 5.43 Å². The lowest BCUT2D eigenvalue weighted by Crippen LogP contribution is -2.51. The van der Waals surface area contributed by atoms with Crippen molar-refractivity contribution < 1.29 is 9.72 Å². The molecule has 158 valence electrons. The number of fused-ring (bicyclic) bond motifs is 1. The number of benzene rings is 2. The van der Waals surface area contributed by atoms with Gasteiger partial charge in [0, 0.05) is 35.0 Å². The minimum atomic E-state index is -0.532. The SMILES string of the molecule is CC(C)N1c2ccc(/C=N\NC(=O)c3cccc([N+](=O)[O-])c3)cc2[C@H](C)CC1(C)C. The van der Waals surface area contributed by atoms with E-state index in [4.69, 9.17) is 0 Å². The topological polar surface area (TPSA) is 87.8 Å². The highest BCUT2D eigenvalue weighted by Gasteiger charge is 2.37. The molecule has 3 rings (SSSR count). The molecule has 1 aliphatic heterocycles. The van der Waals surface area contributed by atoms with Crippen LogP contribution < -0.4 is 10.3 Å². The van der Waals surface area contributed by atoms with Gasteiger partial charge in [0.2, 0.25) is 0 Å². The molecule has 7 heteroatoms. The van der Waals surface area contributed by atoms with Crippen molar-refractivity contribution in [3.63, 3.8) is 0 Å². The molecule has 0 fully saturated rings. The number of hydrogen-bond acceptors (Lipinski definition) is 5. The molecule has 2 aromatic carbocycles. The molecule has 1 amide bonds. The number of non-ortho nitro benzene ring substituents is 1. The van der Waals surface area contributed by atoms with E-state index in [9.17, 15) is 14.9 Å². The number of amides is 1. The van der Waals surface area contributed by atoms with E-state index >= 15 is 0 Å². The second-order valence-corrected chi connectivity index (χ2v) is 8.71. The fourth-order valence-corrected chi connectivity index (χ4v) is 4.52. The summed E-state index contributed by atoms with van der Waals surface area (Å²) >= 11 is 0. The molecule has 1 heterocycles. The molecule has 0 saturated heterocycles. The van der Waals surface area contributed by atoms with Gasteiger partial charge < -0.3 is 4.90 Å². The molecule has 7 nitrogen and oxygen atoms in total. The Labute approximate surface area is 176 Å². The van der Waals surface area contributed by atoms with Crippen LogP contribution in [-0.2, 0) is 0 Å². The lowest BCUT2D eigenvalue weighted by atomic mass is 9.79. The van der Waals surface area contributed by atoms with Gasteiger partial charge in [0.25, 0.3) is 11.6 Å². The third-order valence-electron chi connectivity index (χ3n) is 5.52. The van der Waals surface area contributed by atoms with Crippen molar-refractivity contribution in [1.29, 1.82) is 0 Å². The minimum absolute atomic E-state index is 0.0858. The second-order valence-electron chi connectivity index (χ2n) is 8.71. The molecule has 1 aliphatic rings. The van der Waals surface area contributed by atoms with E-state index in [-0.39, 0.29) is 16.8 Å². The summed E-state index contributed by atoms with van der Waals surface area (Å²) in [6.45, 7) is 11.2. The van der Waals surface area contributed by atoms with Crippen molar-refractivity contribution in [2.24, 2.45) is 5.10 Å². The van der Waals surface area contributed by atoms with Gasteiger partial charge in [-0.3, -0.25) is 14.9 Å². The van der Waals surface area contributed by atoms with Gasteiger partial charge in [-0.05, 0) is 69.4 Å². The second kappa shape index (κ2) is 8.26. The van der Waals surface area contributed by atoms with Crippen LogP contribution >= 0.6 is 0 Å². The maximum atomic E-state index is 12.2. The van der Waals surface area contributed by atoms with Gasteiger partial charge >= 0.3 is 0 Å². The predicted octanol–water partition coefficient (Wildman–Crippen LogP) is 4.86. The Morgan fingerprint density at radius 2 is 2.03 bits per heavy atom. The van der Waals surface area contributed by atoms with Crippen molar-refractivity contribution in [2.75, 3.05) is 4.90 Å². The predicted molar refractivity (Wildman–Crippen MR) is 119 cm³/mol. The van der Waals surface area contributed by atoms with Crippen LogP contribution in [0, 0.1) is 10.1 Å². The zero-order valence-corrected chi connectivity index (χ0v) is 18.0. The van der Waals surface area contributed by atoms with E-state index in [1.54, 1.807) is 6.21 Å². The zero-order valence-electron chi connectivity index (χ0n) is 18.0. The van der Waals surface area contributed by atoms with Gasteiger partial charge in [-0.1, -0.05) is 19.1 Å². The van der Waals surface area contributed by atoms with Crippen molar-refractivity contribution >= 4 is 23.5 Å². The molecule has 0 bridgehead atoms. The molecule has 2 aromatic rings. The summed E-state index contributed by atoms with van der Waals surface area (Å²) in [6.07, 6.45) is 2.66. The number of nitro benzene ring substituents is 1. The van der Waals surface area contributed by atoms with E-state index in [1.807, 2.05) is 6.07 Å². The summed E-state index contributed by atoms with van der Waals surface area (Å²) in [5, 5.41) is 14.9. The number of nitro groups is 1. The Balaban J connectivity index is 1.78. The van der Waals surface area contributed by atoms with E-state index in [1.165, 1.54) is 35.5 Å². The average molecular weight is 409 g/mol. The number of nitrogens with one attached hydrogen (secondary N) is 1. The molecular weight excluding hydrogens is 380 g/mol. The maximum absolute atomic E-state index is 12.2. The molecule has 0 aliphatic carbocycles. The normalized spacial score (nSPS) is 17.8. The number of carbonyl (C=O) groups is 1. The molecule has 30 heavy (non-hydrogen) atoms. The highest BCUT2D eigenvalue weighted by atomic mass is 16.6. The standard InChI is InChI=1S/C23H28N4O3/c1-15(2)26-21-10-9-17(11-20(21)16(3)13-23(26,4)5)14-24-25-22(28)18-7-6-8-19(12-18)27(29)30/h6-12,14-16H,13H2,1-5H3,(H,25,28)/b24-14-/t16-/m1/s1. The lowest BCUT2D eigenvalue weighted by Gasteiger charge is -2.50. The Hall–Kier alpha value is -3.22. The molecule has 0 spiro atoms. The van der Waals surface area contributed by atoms with Crippen molar-refractivity contribution in [3.05, 3.63) is 69.3 Å². The van der Waals surface area contributed by atoms with Crippen molar-refractivity contribution in [2.45, 2.75) is 58.5 Å². The van der Waals surface area contributed by atoms with E-state index in [0.717, 1.165) is 12.0 Å². The quantitative estimate of drug-likeness (QED) is 0.435. The smallest absolute Gasteiger partial charge is 0.271 e. The summed E-state index contributed by atoms with van der Waals surface area (Å²) in [7, 11) is 0. The van der Waals surface area contributed by atoms with E-state index in [0.29, 0.717) is 12.0 Å². The number of anilines is 1. The number of hydrogen-bond donors (Lipinski definition) is 1. The first-order chi connectivity index (χ1) is 14.1. The number of nitrogens with zero attached hydrogens (tertiary/aromatic N) is 3. The monoisotopic (exact) mass is 408 g/mol. The van der Waals surface area contributed by atoms with Crippen LogP contribution in [0.3, 0.4) is 0 Å². The van der Waals surface area contributed by atoms with Gasteiger partial charge in [-0.25, -0.2) is 5.43 Å². The van der Waals surface area contributed by atoms with Crippen LogP contribution in [0.25, 0.3) is 0 Å². The fraction of sp³-hybridized carbons (Fsp3) is 0.391. The first kappa shape index (κ1) is 21.5. The Kier molecular flexibility index (Phi) is 5.92. The van der Waals surface area contributed by atoms with Crippen LogP contribution in [0.4, 0.5) is 11.4 Å². The highest BCUT2D eigenvalue weighted by Crippen LogP contribution is 2.44. The molecular formula is C23H28N4O3. The van der Waals surface area contributed by atoms with Gasteiger partial charge in [0.15, 0.2) is 0 Å². The lowest BCUT2D eigenvalue weighted by molar-refractivity contribution is -0.384. The number of carbonyl (C=O) groups excluding carboxylic acids is 1. The van der Waals surface area contributed by atoms with Crippen LogP contribution in [0.15, 0.2) is 47.6 Å². The van der Waals surface area contributed by atoms with Gasteiger partial charge in [0.05, 0.1) is 11.1 Å². The first-order valence-corrected chi connectivity index (χ1v) is 10.1. The largest absolute Gasteiger partial charge is 0.364 e. The van der Waals surface area contributed by atoms with Gasteiger partial charge in [-0.15, -0.1) is 0 Å². The Bertz CT molecular complexity index is 998. The summed E-state index contributed by atoms with van der Waals surface area (Å²) in [6, 6.07) is 12.2. The van der Waals surface area contributed by atoms with Crippen LogP contribution in [0.2, 0.25) is 0 Å². The molecule has 0 unspecified atom stereocenters. The van der Waals surface area contributed by atoms with E-state index in [2.05, 4.69) is 62.2 Å². The summed E-state index contributed by atoms with van der Waals surface area (Å²) < 4.78 is 0. The van der Waals surface area contributed by atoms with Gasteiger partial charge in [0.1, 0.15) is 0 Å². The number of hydrazone groups is 1. The Morgan fingerprint density at radius 3 is 2.70 bits per heavy atom. The molecule has 0 radical (unpaired) electrons. The first-order valence-electron chi connectivity index (χ1n) is 10.1. The maximum Gasteiger partial charge on any atom is 0.271 e. The van der Waals surface area contributed by atoms with Crippen LogP contribution in [-0.4, -0.2) is 28.6 Å². The van der Waals surface area contributed by atoms with E-state index < -0.39 is 10.8 Å². The van der Waals surface area contributed by atoms with Crippen LogP contribution in [0.5, 0.6) is 0 Å². The Morgan fingerprint density at radius 1 is 1.30 bits per heavy atom. The number of rotatable bonds is 5. The fourth-order valence-electron chi connectivity index (χ4n) is 4.52. The van der Waals surface area contributed by atoms with Crippen LogP contribution in [0.1, 0.15) is 68.4 Å². The van der Waals surface area contributed by atoms with Crippen molar-refractivity contribution in [3.8, 4) is 0 Å². The molecule has 1 N–H and O–H groups in total. The summed E-state index contributed by atoms with van der Waals surface area (Å²) in [4.78, 5) is 25.0.